The molecule has 1 fully saturated rings. The van der Waals surface area contributed by atoms with Crippen LogP contribution in [0.2, 0.25) is 0 Å². The zero-order chi connectivity index (χ0) is 21.4. The molecular weight excluding hydrogens is 392 g/mol. The van der Waals surface area contributed by atoms with E-state index in [1.165, 1.54) is 0 Å². The molecule has 5 rings (SSSR count). The number of amides is 1. The second-order valence-corrected chi connectivity index (χ2v) is 8.08. The number of anilines is 1. The van der Waals surface area contributed by atoms with Gasteiger partial charge >= 0.3 is 5.69 Å². The van der Waals surface area contributed by atoms with Gasteiger partial charge in [-0.3, -0.25) is 14.3 Å². The van der Waals surface area contributed by atoms with E-state index in [0.717, 1.165) is 47.7 Å². The SMILES string of the molecule is O=C(CN1CCC(n2c(=O)[nH]c3ccccc32)CC1)Nc1cccc2ccc(O)cc12. The van der Waals surface area contributed by atoms with Crippen LogP contribution in [0.5, 0.6) is 5.75 Å². The summed E-state index contributed by atoms with van der Waals surface area (Å²) >= 11 is 0. The number of hydrogen-bond donors (Lipinski definition) is 3. The molecule has 31 heavy (non-hydrogen) atoms. The lowest BCUT2D eigenvalue weighted by Crippen LogP contribution is -2.41. The molecule has 1 aliphatic rings. The highest BCUT2D eigenvalue weighted by atomic mass is 16.3. The van der Waals surface area contributed by atoms with Gasteiger partial charge in [-0.15, -0.1) is 0 Å². The quantitative estimate of drug-likeness (QED) is 0.475. The number of carbonyl (C=O) groups is 1. The Hall–Kier alpha value is -3.58. The van der Waals surface area contributed by atoms with Crippen molar-refractivity contribution in [1.82, 2.24) is 14.5 Å². The molecule has 0 radical (unpaired) electrons. The number of benzene rings is 3. The zero-order valence-corrected chi connectivity index (χ0v) is 17.0. The van der Waals surface area contributed by atoms with E-state index in [0.29, 0.717) is 12.2 Å². The van der Waals surface area contributed by atoms with Gasteiger partial charge in [-0.1, -0.05) is 30.3 Å². The van der Waals surface area contributed by atoms with E-state index in [9.17, 15) is 14.7 Å². The first-order chi connectivity index (χ1) is 15.1. The largest absolute Gasteiger partial charge is 0.508 e. The summed E-state index contributed by atoms with van der Waals surface area (Å²) < 4.78 is 1.86. The first kappa shape index (κ1) is 19.4. The molecule has 1 amide bonds. The van der Waals surface area contributed by atoms with Crippen LogP contribution in [0.1, 0.15) is 18.9 Å². The Bertz CT molecular complexity index is 1320. The number of likely N-dealkylation sites (tertiary alicyclic amines) is 1. The van der Waals surface area contributed by atoms with E-state index in [1.54, 1.807) is 12.1 Å². The van der Waals surface area contributed by atoms with Gasteiger partial charge in [0, 0.05) is 30.2 Å². The number of rotatable bonds is 4. The van der Waals surface area contributed by atoms with Gasteiger partial charge in [-0.25, -0.2) is 4.79 Å². The molecule has 0 bridgehead atoms. The number of phenols is 1. The second kappa shape index (κ2) is 7.92. The van der Waals surface area contributed by atoms with E-state index in [-0.39, 0.29) is 23.4 Å². The third kappa shape index (κ3) is 3.80. The molecule has 3 aromatic carbocycles. The highest BCUT2D eigenvalue weighted by Gasteiger charge is 2.24. The number of piperidine rings is 1. The number of hydrogen-bond acceptors (Lipinski definition) is 4. The lowest BCUT2D eigenvalue weighted by Gasteiger charge is -2.32. The first-order valence-electron chi connectivity index (χ1n) is 10.5. The fourth-order valence-corrected chi connectivity index (χ4v) is 4.53. The van der Waals surface area contributed by atoms with Crippen molar-refractivity contribution >= 4 is 33.4 Å². The Balaban J connectivity index is 1.24. The van der Waals surface area contributed by atoms with Gasteiger partial charge in [0.1, 0.15) is 5.75 Å². The molecule has 0 spiro atoms. The summed E-state index contributed by atoms with van der Waals surface area (Å²) in [6, 6.07) is 18.7. The van der Waals surface area contributed by atoms with Crippen LogP contribution in [0.25, 0.3) is 21.8 Å². The van der Waals surface area contributed by atoms with E-state index in [1.807, 2.05) is 53.1 Å². The lowest BCUT2D eigenvalue weighted by atomic mass is 10.0. The molecule has 0 atom stereocenters. The van der Waals surface area contributed by atoms with Crippen LogP contribution in [-0.4, -0.2) is 45.1 Å². The number of aromatic amines is 1. The Morgan fingerprint density at radius 2 is 1.87 bits per heavy atom. The molecule has 0 aliphatic carbocycles. The molecule has 0 saturated carbocycles. The molecule has 1 aliphatic heterocycles. The van der Waals surface area contributed by atoms with Crippen LogP contribution in [0.3, 0.4) is 0 Å². The van der Waals surface area contributed by atoms with Gasteiger partial charge in [-0.2, -0.15) is 0 Å². The molecule has 7 heteroatoms. The van der Waals surface area contributed by atoms with Gasteiger partial charge in [0.25, 0.3) is 0 Å². The Kier molecular flexibility index (Phi) is 4.95. The van der Waals surface area contributed by atoms with Crippen molar-refractivity contribution in [2.24, 2.45) is 0 Å². The summed E-state index contributed by atoms with van der Waals surface area (Å²) in [5.74, 6) is 0.0855. The van der Waals surface area contributed by atoms with Crippen molar-refractivity contribution < 1.29 is 9.90 Å². The molecule has 4 aromatic rings. The van der Waals surface area contributed by atoms with E-state index in [4.69, 9.17) is 0 Å². The number of fused-ring (bicyclic) bond motifs is 2. The summed E-state index contributed by atoms with van der Waals surface area (Å²) in [5, 5.41) is 14.5. The van der Waals surface area contributed by atoms with Crippen molar-refractivity contribution in [2.75, 3.05) is 25.0 Å². The molecule has 0 unspecified atom stereocenters. The fraction of sp³-hybridized carbons (Fsp3) is 0.250. The number of imidazole rings is 1. The number of para-hydroxylation sites is 2. The van der Waals surface area contributed by atoms with Crippen LogP contribution in [-0.2, 0) is 4.79 Å². The van der Waals surface area contributed by atoms with Gasteiger partial charge in [0.2, 0.25) is 5.91 Å². The monoisotopic (exact) mass is 416 g/mol. The van der Waals surface area contributed by atoms with Crippen LogP contribution in [0.15, 0.2) is 65.5 Å². The maximum absolute atomic E-state index is 12.7. The summed E-state index contributed by atoms with van der Waals surface area (Å²) in [6.45, 7) is 1.80. The fourth-order valence-electron chi connectivity index (χ4n) is 4.53. The van der Waals surface area contributed by atoms with Crippen molar-refractivity contribution in [1.29, 1.82) is 0 Å². The maximum Gasteiger partial charge on any atom is 0.326 e. The molecule has 1 aromatic heterocycles. The number of aromatic nitrogens is 2. The Morgan fingerprint density at radius 3 is 2.71 bits per heavy atom. The van der Waals surface area contributed by atoms with Gasteiger partial charge in [0.05, 0.1) is 17.6 Å². The van der Waals surface area contributed by atoms with Gasteiger partial charge < -0.3 is 15.4 Å². The maximum atomic E-state index is 12.7. The van der Waals surface area contributed by atoms with Crippen molar-refractivity contribution in [3.8, 4) is 5.75 Å². The van der Waals surface area contributed by atoms with E-state index in [2.05, 4.69) is 15.2 Å². The predicted octanol–water partition coefficient (Wildman–Crippen LogP) is 3.46. The van der Waals surface area contributed by atoms with E-state index < -0.39 is 0 Å². The van der Waals surface area contributed by atoms with Gasteiger partial charge in [0.15, 0.2) is 0 Å². The minimum absolute atomic E-state index is 0.0726. The Morgan fingerprint density at radius 1 is 1.06 bits per heavy atom. The molecule has 158 valence electrons. The molecule has 1 saturated heterocycles. The topological polar surface area (TPSA) is 90.4 Å². The standard InChI is InChI=1S/C24H24N4O3/c29-18-9-8-16-4-3-6-20(19(16)14-18)25-23(30)15-27-12-10-17(11-13-27)28-22-7-2-1-5-21(22)26-24(28)31/h1-9,14,17,29H,10-13,15H2,(H,25,30)(H,26,31). The van der Waals surface area contributed by atoms with Crippen molar-refractivity contribution in [3.05, 3.63) is 71.1 Å². The highest BCUT2D eigenvalue weighted by molar-refractivity contribution is 6.03. The van der Waals surface area contributed by atoms with Crippen molar-refractivity contribution in [2.45, 2.75) is 18.9 Å². The average Bonchev–Trinajstić information content (AvgIpc) is 3.10. The minimum Gasteiger partial charge on any atom is -0.508 e. The molecule has 3 N–H and O–H groups in total. The number of nitrogens with zero attached hydrogens (tertiary/aromatic N) is 2. The summed E-state index contributed by atoms with van der Waals surface area (Å²) in [4.78, 5) is 30.2. The number of carbonyl (C=O) groups excluding carboxylic acids is 1. The molecular formula is C24H24N4O3. The third-order valence-corrected chi connectivity index (χ3v) is 6.05. The summed E-state index contributed by atoms with van der Waals surface area (Å²) in [6.07, 6.45) is 1.63. The van der Waals surface area contributed by atoms with Crippen LogP contribution >= 0.6 is 0 Å². The average molecular weight is 416 g/mol. The summed E-state index contributed by atoms with van der Waals surface area (Å²) in [5.41, 5.74) is 2.41. The van der Waals surface area contributed by atoms with Gasteiger partial charge in [-0.05, 0) is 48.6 Å². The number of phenolic OH excluding ortho intramolecular Hbond substituents is 1. The second-order valence-electron chi connectivity index (χ2n) is 8.08. The van der Waals surface area contributed by atoms with E-state index >= 15 is 0 Å². The van der Waals surface area contributed by atoms with Crippen LogP contribution in [0.4, 0.5) is 5.69 Å². The normalized spacial score (nSPS) is 15.5. The zero-order valence-electron chi connectivity index (χ0n) is 17.0. The molecule has 7 nitrogen and oxygen atoms in total. The number of aromatic hydroxyl groups is 1. The number of H-pyrrole nitrogens is 1. The molecule has 2 heterocycles. The first-order valence-corrected chi connectivity index (χ1v) is 10.5. The predicted molar refractivity (Wildman–Crippen MR) is 122 cm³/mol. The van der Waals surface area contributed by atoms with Crippen molar-refractivity contribution in [3.63, 3.8) is 0 Å². The highest BCUT2D eigenvalue weighted by Crippen LogP contribution is 2.28. The number of nitrogens with one attached hydrogen (secondary N) is 2. The summed E-state index contributed by atoms with van der Waals surface area (Å²) in [7, 11) is 0. The minimum atomic E-state index is -0.0847. The lowest BCUT2D eigenvalue weighted by molar-refractivity contribution is -0.117. The Labute approximate surface area is 178 Å². The third-order valence-electron chi connectivity index (χ3n) is 6.05. The van der Waals surface area contributed by atoms with Crippen LogP contribution in [0, 0.1) is 0 Å². The smallest absolute Gasteiger partial charge is 0.326 e. The van der Waals surface area contributed by atoms with Crippen LogP contribution < -0.4 is 11.0 Å².